The predicted octanol–water partition coefficient (Wildman–Crippen LogP) is 4.60. The monoisotopic (exact) mass is 433 g/mol. The van der Waals surface area contributed by atoms with Crippen LogP contribution in [0.25, 0.3) is 20.9 Å². The van der Waals surface area contributed by atoms with Crippen LogP contribution in [0.2, 0.25) is 0 Å². The molecule has 31 heavy (non-hydrogen) atoms. The van der Waals surface area contributed by atoms with Gasteiger partial charge in [-0.05, 0) is 41.3 Å². The standard InChI is InChI=1S/C24H20FN3O2S/c25-20-9-16(12-28-13-18(14-28)24(29)30)6-7-19(20)22-27-21-10-17(11-26-23(21)31-22)8-15-4-2-1-3-5-15/h1-7,9-11,18H,8,12-14H2,(H,29,30). The number of hydrogen-bond donors (Lipinski definition) is 1. The summed E-state index contributed by atoms with van der Waals surface area (Å²) in [5, 5.41) is 9.59. The lowest BCUT2D eigenvalue weighted by atomic mass is 9.99. The first-order valence-corrected chi connectivity index (χ1v) is 10.9. The summed E-state index contributed by atoms with van der Waals surface area (Å²) in [6.45, 7) is 1.56. The summed E-state index contributed by atoms with van der Waals surface area (Å²) in [4.78, 5) is 22.9. The van der Waals surface area contributed by atoms with Gasteiger partial charge in [-0.1, -0.05) is 47.7 Å². The third-order valence-corrected chi connectivity index (χ3v) is 6.54. The van der Waals surface area contributed by atoms with Gasteiger partial charge in [0.05, 0.1) is 5.92 Å². The fourth-order valence-electron chi connectivity index (χ4n) is 3.85. The van der Waals surface area contributed by atoms with E-state index in [9.17, 15) is 9.18 Å². The number of thiazole rings is 1. The zero-order valence-corrected chi connectivity index (χ0v) is 17.5. The molecule has 2 aromatic heterocycles. The van der Waals surface area contributed by atoms with Crippen molar-refractivity contribution in [1.82, 2.24) is 14.9 Å². The minimum atomic E-state index is -0.769. The molecule has 4 aromatic rings. The Balaban J connectivity index is 1.33. The van der Waals surface area contributed by atoms with E-state index in [0.717, 1.165) is 27.9 Å². The van der Waals surface area contributed by atoms with E-state index in [4.69, 9.17) is 5.11 Å². The second-order valence-corrected chi connectivity index (χ2v) is 8.87. The zero-order chi connectivity index (χ0) is 21.4. The summed E-state index contributed by atoms with van der Waals surface area (Å²) in [6, 6.07) is 17.4. The number of fused-ring (bicyclic) bond motifs is 1. The van der Waals surface area contributed by atoms with E-state index in [1.165, 1.54) is 23.0 Å². The molecule has 1 aliphatic rings. The Bertz CT molecular complexity index is 1250. The Morgan fingerprint density at radius 3 is 2.65 bits per heavy atom. The van der Waals surface area contributed by atoms with Crippen LogP contribution in [0.4, 0.5) is 4.39 Å². The van der Waals surface area contributed by atoms with E-state index in [2.05, 4.69) is 22.1 Å². The summed E-state index contributed by atoms with van der Waals surface area (Å²) in [5.74, 6) is -1.41. The van der Waals surface area contributed by atoms with Gasteiger partial charge in [0.15, 0.2) is 0 Å². The molecule has 0 saturated carbocycles. The van der Waals surface area contributed by atoms with E-state index < -0.39 is 5.97 Å². The van der Waals surface area contributed by atoms with Gasteiger partial charge in [0.1, 0.15) is 21.2 Å². The molecule has 0 radical (unpaired) electrons. The Labute approximate surface area is 182 Å². The van der Waals surface area contributed by atoms with Gasteiger partial charge in [-0.25, -0.2) is 14.4 Å². The van der Waals surface area contributed by atoms with Gasteiger partial charge in [-0.15, -0.1) is 0 Å². The van der Waals surface area contributed by atoms with Gasteiger partial charge >= 0.3 is 5.97 Å². The molecule has 1 fully saturated rings. The highest BCUT2D eigenvalue weighted by atomic mass is 32.1. The lowest BCUT2D eigenvalue weighted by molar-refractivity contribution is -0.147. The zero-order valence-electron chi connectivity index (χ0n) is 16.7. The van der Waals surface area contributed by atoms with Crippen molar-refractivity contribution in [2.75, 3.05) is 13.1 Å². The summed E-state index contributed by atoms with van der Waals surface area (Å²) >= 11 is 1.38. The van der Waals surface area contributed by atoms with Crippen LogP contribution in [0.1, 0.15) is 16.7 Å². The number of benzene rings is 2. The van der Waals surface area contributed by atoms with Crippen LogP contribution in [-0.2, 0) is 17.8 Å². The summed E-state index contributed by atoms with van der Waals surface area (Å²) < 4.78 is 14.8. The van der Waals surface area contributed by atoms with Crippen LogP contribution in [-0.4, -0.2) is 39.0 Å². The number of rotatable bonds is 6. The molecule has 5 nitrogen and oxygen atoms in total. The van der Waals surface area contributed by atoms with E-state index in [1.807, 2.05) is 41.4 Å². The summed E-state index contributed by atoms with van der Waals surface area (Å²) in [6.07, 6.45) is 2.63. The van der Waals surface area contributed by atoms with Crippen LogP contribution in [0.5, 0.6) is 0 Å². The molecule has 0 spiro atoms. The van der Waals surface area contributed by atoms with Gasteiger partial charge < -0.3 is 5.11 Å². The Hall–Kier alpha value is -3.16. The van der Waals surface area contributed by atoms with E-state index in [1.54, 1.807) is 6.07 Å². The third kappa shape index (κ3) is 4.19. The molecular weight excluding hydrogens is 413 g/mol. The molecule has 0 atom stereocenters. The number of aromatic nitrogens is 2. The van der Waals surface area contributed by atoms with Crippen molar-refractivity contribution < 1.29 is 14.3 Å². The smallest absolute Gasteiger partial charge is 0.309 e. The van der Waals surface area contributed by atoms with Gasteiger partial charge in [-0.2, -0.15) is 0 Å². The molecule has 5 rings (SSSR count). The van der Waals surface area contributed by atoms with Crippen LogP contribution in [0, 0.1) is 11.7 Å². The molecular formula is C24H20FN3O2S. The number of likely N-dealkylation sites (tertiary alicyclic amines) is 1. The van der Waals surface area contributed by atoms with Crippen molar-refractivity contribution in [2.24, 2.45) is 5.92 Å². The molecule has 7 heteroatoms. The highest BCUT2D eigenvalue weighted by molar-refractivity contribution is 7.21. The Morgan fingerprint density at radius 1 is 1.10 bits per heavy atom. The van der Waals surface area contributed by atoms with Crippen molar-refractivity contribution in [3.8, 4) is 10.6 Å². The molecule has 1 N–H and O–H groups in total. The van der Waals surface area contributed by atoms with E-state index in [-0.39, 0.29) is 11.7 Å². The molecule has 0 bridgehead atoms. The van der Waals surface area contributed by atoms with Crippen molar-refractivity contribution in [3.05, 3.63) is 83.3 Å². The topological polar surface area (TPSA) is 66.3 Å². The van der Waals surface area contributed by atoms with E-state index in [0.29, 0.717) is 30.2 Å². The van der Waals surface area contributed by atoms with Crippen molar-refractivity contribution in [1.29, 1.82) is 0 Å². The average Bonchev–Trinajstić information content (AvgIpc) is 3.14. The first-order chi connectivity index (χ1) is 15.0. The fraction of sp³-hybridized carbons (Fsp3) is 0.208. The highest BCUT2D eigenvalue weighted by Crippen LogP contribution is 2.32. The fourth-order valence-corrected chi connectivity index (χ4v) is 4.77. The number of carboxylic acid groups (broad SMARTS) is 1. The second kappa shape index (κ2) is 8.17. The SMILES string of the molecule is O=C(O)C1CN(Cc2ccc(-c3nc4cc(Cc5ccccc5)cnc4s3)c(F)c2)C1. The Morgan fingerprint density at radius 2 is 1.90 bits per heavy atom. The van der Waals surface area contributed by atoms with Gasteiger partial charge in [0, 0.05) is 31.4 Å². The minimum Gasteiger partial charge on any atom is -0.481 e. The number of halogens is 1. The Kier molecular flexibility index (Phi) is 5.21. The van der Waals surface area contributed by atoms with E-state index >= 15 is 0 Å². The largest absolute Gasteiger partial charge is 0.481 e. The number of pyridine rings is 1. The molecule has 0 amide bonds. The van der Waals surface area contributed by atoms with Gasteiger partial charge in [-0.3, -0.25) is 9.69 Å². The molecule has 0 unspecified atom stereocenters. The maximum atomic E-state index is 14.8. The van der Waals surface area contributed by atoms with Crippen LogP contribution in [0.3, 0.4) is 0 Å². The van der Waals surface area contributed by atoms with Crippen molar-refractivity contribution in [2.45, 2.75) is 13.0 Å². The minimum absolute atomic E-state index is 0.314. The number of carbonyl (C=O) groups is 1. The van der Waals surface area contributed by atoms with Crippen LogP contribution in [0.15, 0.2) is 60.8 Å². The second-order valence-electron chi connectivity index (χ2n) is 7.89. The molecule has 0 aliphatic carbocycles. The molecule has 3 heterocycles. The number of hydrogen-bond acceptors (Lipinski definition) is 5. The van der Waals surface area contributed by atoms with Crippen molar-refractivity contribution >= 4 is 27.7 Å². The maximum absolute atomic E-state index is 14.8. The first-order valence-electron chi connectivity index (χ1n) is 10.1. The highest BCUT2D eigenvalue weighted by Gasteiger charge is 2.32. The van der Waals surface area contributed by atoms with Gasteiger partial charge in [0.25, 0.3) is 0 Å². The van der Waals surface area contributed by atoms with Gasteiger partial charge in [0.2, 0.25) is 0 Å². The lowest BCUT2D eigenvalue weighted by Gasteiger charge is -2.36. The van der Waals surface area contributed by atoms with Crippen LogP contribution >= 0.6 is 11.3 Å². The molecule has 2 aromatic carbocycles. The van der Waals surface area contributed by atoms with Crippen LogP contribution < -0.4 is 0 Å². The third-order valence-electron chi connectivity index (χ3n) is 5.53. The molecule has 1 saturated heterocycles. The average molecular weight is 434 g/mol. The summed E-state index contributed by atoms with van der Waals surface area (Å²) in [7, 11) is 0. The summed E-state index contributed by atoms with van der Waals surface area (Å²) in [5.41, 5.74) is 4.34. The first kappa shape index (κ1) is 19.8. The van der Waals surface area contributed by atoms with Crippen molar-refractivity contribution in [3.63, 3.8) is 0 Å². The number of nitrogens with zero attached hydrogens (tertiary/aromatic N) is 3. The maximum Gasteiger partial charge on any atom is 0.309 e. The quantitative estimate of drug-likeness (QED) is 0.481. The molecule has 156 valence electrons. The lowest BCUT2D eigenvalue weighted by Crippen LogP contribution is -2.49. The number of aliphatic carboxylic acids is 1. The number of carboxylic acids is 1. The normalized spacial score (nSPS) is 14.6. The predicted molar refractivity (Wildman–Crippen MR) is 118 cm³/mol. The molecule has 1 aliphatic heterocycles.